The second kappa shape index (κ2) is 7.37. The van der Waals surface area contributed by atoms with Crippen molar-refractivity contribution in [1.29, 1.82) is 0 Å². The van der Waals surface area contributed by atoms with Crippen LogP contribution >= 0.6 is 0 Å². The molecule has 1 aliphatic heterocycles. The Balaban J connectivity index is 1.65. The smallest absolute Gasteiger partial charge is 0.306 e. The van der Waals surface area contributed by atoms with E-state index in [0.717, 1.165) is 18.7 Å². The normalized spacial score (nSPS) is 20.5. The summed E-state index contributed by atoms with van der Waals surface area (Å²) < 4.78 is 7.65. The SMILES string of the molecule is CC1(C)COC(CC(=O)O)CN1Cc1cnn(Cc2ccccc2)c1. The Morgan fingerprint density at radius 3 is 2.76 bits per heavy atom. The van der Waals surface area contributed by atoms with E-state index in [0.29, 0.717) is 13.2 Å². The third-order valence-electron chi connectivity index (χ3n) is 4.60. The van der Waals surface area contributed by atoms with Gasteiger partial charge in [0.1, 0.15) is 0 Å². The predicted octanol–water partition coefficient (Wildman–Crippen LogP) is 2.39. The molecule has 25 heavy (non-hydrogen) atoms. The molecule has 3 rings (SSSR count). The fourth-order valence-corrected chi connectivity index (χ4v) is 3.12. The van der Waals surface area contributed by atoms with Crippen LogP contribution in [0.2, 0.25) is 0 Å². The molecule has 1 aliphatic rings. The van der Waals surface area contributed by atoms with Gasteiger partial charge in [-0.1, -0.05) is 30.3 Å². The first kappa shape index (κ1) is 17.6. The Kier molecular flexibility index (Phi) is 5.20. The van der Waals surface area contributed by atoms with Gasteiger partial charge in [0.25, 0.3) is 0 Å². The molecule has 1 aromatic heterocycles. The number of aromatic nitrogens is 2. The van der Waals surface area contributed by atoms with E-state index in [1.54, 1.807) is 0 Å². The van der Waals surface area contributed by atoms with Crippen LogP contribution in [0.15, 0.2) is 42.7 Å². The lowest BCUT2D eigenvalue weighted by molar-refractivity contribution is -0.147. The lowest BCUT2D eigenvalue weighted by atomic mass is 9.99. The third-order valence-corrected chi connectivity index (χ3v) is 4.60. The lowest BCUT2D eigenvalue weighted by Gasteiger charge is -2.45. The van der Waals surface area contributed by atoms with E-state index < -0.39 is 5.97 Å². The van der Waals surface area contributed by atoms with E-state index in [1.165, 1.54) is 5.56 Å². The van der Waals surface area contributed by atoms with Gasteiger partial charge < -0.3 is 9.84 Å². The number of carbonyl (C=O) groups is 1. The van der Waals surface area contributed by atoms with Crippen molar-refractivity contribution in [2.24, 2.45) is 0 Å². The maximum absolute atomic E-state index is 11.0. The zero-order chi connectivity index (χ0) is 17.9. The molecule has 0 bridgehead atoms. The maximum atomic E-state index is 11.0. The Labute approximate surface area is 148 Å². The summed E-state index contributed by atoms with van der Waals surface area (Å²) in [6, 6.07) is 10.2. The van der Waals surface area contributed by atoms with E-state index in [-0.39, 0.29) is 18.1 Å². The van der Waals surface area contributed by atoms with Crippen molar-refractivity contribution >= 4 is 5.97 Å². The van der Waals surface area contributed by atoms with Gasteiger partial charge in [0, 0.05) is 30.4 Å². The van der Waals surface area contributed by atoms with Gasteiger partial charge in [-0.15, -0.1) is 0 Å². The van der Waals surface area contributed by atoms with Crippen LogP contribution < -0.4 is 0 Å². The largest absolute Gasteiger partial charge is 0.481 e. The monoisotopic (exact) mass is 343 g/mol. The summed E-state index contributed by atoms with van der Waals surface area (Å²) in [5.74, 6) is -0.819. The van der Waals surface area contributed by atoms with Crippen molar-refractivity contribution < 1.29 is 14.6 Å². The molecule has 0 amide bonds. The summed E-state index contributed by atoms with van der Waals surface area (Å²) in [5.41, 5.74) is 2.21. The summed E-state index contributed by atoms with van der Waals surface area (Å²) in [5, 5.41) is 13.5. The maximum Gasteiger partial charge on any atom is 0.306 e. The molecule has 0 saturated carbocycles. The van der Waals surface area contributed by atoms with Gasteiger partial charge in [0.2, 0.25) is 0 Å². The van der Waals surface area contributed by atoms with Crippen LogP contribution in [-0.2, 0) is 22.6 Å². The minimum Gasteiger partial charge on any atom is -0.481 e. The van der Waals surface area contributed by atoms with E-state index in [4.69, 9.17) is 9.84 Å². The summed E-state index contributed by atoms with van der Waals surface area (Å²) in [4.78, 5) is 13.2. The molecule has 1 saturated heterocycles. The number of nitrogens with zero attached hydrogens (tertiary/aromatic N) is 3. The van der Waals surface area contributed by atoms with E-state index >= 15 is 0 Å². The zero-order valence-corrected chi connectivity index (χ0v) is 14.8. The Morgan fingerprint density at radius 2 is 2.04 bits per heavy atom. The van der Waals surface area contributed by atoms with Crippen molar-refractivity contribution in [2.45, 2.75) is 45.0 Å². The molecule has 6 heteroatoms. The van der Waals surface area contributed by atoms with Crippen LogP contribution in [-0.4, -0.2) is 50.6 Å². The highest BCUT2D eigenvalue weighted by Gasteiger charge is 2.35. The number of carboxylic acids is 1. The van der Waals surface area contributed by atoms with Gasteiger partial charge in [0.05, 0.1) is 31.9 Å². The molecule has 1 unspecified atom stereocenters. The first-order valence-electron chi connectivity index (χ1n) is 8.56. The summed E-state index contributed by atoms with van der Waals surface area (Å²) >= 11 is 0. The molecule has 2 aromatic rings. The number of aliphatic carboxylic acids is 1. The van der Waals surface area contributed by atoms with Crippen molar-refractivity contribution in [3.63, 3.8) is 0 Å². The molecule has 1 fully saturated rings. The Bertz CT molecular complexity index is 712. The third kappa shape index (κ3) is 4.67. The van der Waals surface area contributed by atoms with Crippen LogP contribution in [0, 0.1) is 0 Å². The molecular formula is C19H25N3O3. The number of ether oxygens (including phenoxy) is 1. The molecule has 0 spiro atoms. The quantitative estimate of drug-likeness (QED) is 0.872. The number of benzene rings is 1. The van der Waals surface area contributed by atoms with Gasteiger partial charge >= 0.3 is 5.97 Å². The zero-order valence-electron chi connectivity index (χ0n) is 14.8. The van der Waals surface area contributed by atoms with Crippen molar-refractivity contribution in [1.82, 2.24) is 14.7 Å². The average molecular weight is 343 g/mol. The molecule has 1 atom stereocenters. The van der Waals surface area contributed by atoms with Gasteiger partial charge in [-0.3, -0.25) is 14.4 Å². The predicted molar refractivity (Wildman–Crippen MR) is 94.3 cm³/mol. The van der Waals surface area contributed by atoms with Crippen LogP contribution in [0.5, 0.6) is 0 Å². The fourth-order valence-electron chi connectivity index (χ4n) is 3.12. The van der Waals surface area contributed by atoms with Crippen LogP contribution in [0.25, 0.3) is 0 Å². The number of morpholine rings is 1. The van der Waals surface area contributed by atoms with Gasteiger partial charge in [-0.2, -0.15) is 5.10 Å². The fraction of sp³-hybridized carbons (Fsp3) is 0.474. The van der Waals surface area contributed by atoms with Gasteiger partial charge in [-0.05, 0) is 19.4 Å². The Hall–Kier alpha value is -2.18. The highest BCUT2D eigenvalue weighted by molar-refractivity contribution is 5.67. The first-order valence-corrected chi connectivity index (χ1v) is 8.56. The summed E-state index contributed by atoms with van der Waals surface area (Å²) in [6.45, 7) is 6.87. The van der Waals surface area contributed by atoms with Crippen molar-refractivity contribution in [3.05, 3.63) is 53.9 Å². The lowest BCUT2D eigenvalue weighted by Crippen LogP contribution is -2.55. The number of hydrogen-bond acceptors (Lipinski definition) is 4. The van der Waals surface area contributed by atoms with Crippen molar-refractivity contribution in [3.8, 4) is 0 Å². The van der Waals surface area contributed by atoms with Crippen LogP contribution in [0.1, 0.15) is 31.4 Å². The van der Waals surface area contributed by atoms with E-state index in [9.17, 15) is 4.79 Å². The molecule has 134 valence electrons. The van der Waals surface area contributed by atoms with E-state index in [1.807, 2.05) is 29.1 Å². The first-order chi connectivity index (χ1) is 11.9. The minimum absolute atomic E-state index is 0.0415. The Morgan fingerprint density at radius 1 is 1.28 bits per heavy atom. The molecule has 2 heterocycles. The molecule has 0 radical (unpaired) electrons. The molecule has 0 aliphatic carbocycles. The topological polar surface area (TPSA) is 67.6 Å². The van der Waals surface area contributed by atoms with Gasteiger partial charge in [0.15, 0.2) is 0 Å². The van der Waals surface area contributed by atoms with Crippen LogP contribution in [0.4, 0.5) is 0 Å². The highest BCUT2D eigenvalue weighted by Crippen LogP contribution is 2.25. The van der Waals surface area contributed by atoms with Crippen molar-refractivity contribution in [2.75, 3.05) is 13.2 Å². The average Bonchev–Trinajstić information content (AvgIpc) is 2.98. The highest BCUT2D eigenvalue weighted by atomic mass is 16.5. The molecule has 6 nitrogen and oxygen atoms in total. The van der Waals surface area contributed by atoms with Gasteiger partial charge in [-0.25, -0.2) is 0 Å². The molecule has 1 N–H and O–H groups in total. The minimum atomic E-state index is -0.819. The number of hydrogen-bond donors (Lipinski definition) is 1. The van der Waals surface area contributed by atoms with Crippen LogP contribution in [0.3, 0.4) is 0 Å². The van der Waals surface area contributed by atoms with E-state index in [2.05, 4.69) is 42.2 Å². The summed E-state index contributed by atoms with van der Waals surface area (Å²) in [6.07, 6.45) is 3.73. The standard InChI is InChI=1S/C19H25N3O3/c1-19(2)14-25-17(8-18(23)24)13-21(19)10-16-9-20-22(12-16)11-15-6-4-3-5-7-15/h3-7,9,12,17H,8,10-11,13-14H2,1-2H3,(H,23,24). The number of rotatable bonds is 6. The second-order valence-corrected chi connectivity index (χ2v) is 7.26. The molecule has 1 aromatic carbocycles. The summed E-state index contributed by atoms with van der Waals surface area (Å²) in [7, 11) is 0. The molecular weight excluding hydrogens is 318 g/mol. The number of carboxylic acid groups (broad SMARTS) is 1. The second-order valence-electron chi connectivity index (χ2n) is 7.26.